The standard InChI is InChI=1S/C13H13BrN2O2/c1-3-18-13(17)12-11(9(14)7-16-12)10-6-8(2)4-5-15-10/h4-7,16H,3H2,1-2H3. The number of aryl methyl sites for hydroxylation is 1. The largest absolute Gasteiger partial charge is 0.461 e. The van der Waals surface area contributed by atoms with E-state index in [1.165, 1.54) is 0 Å². The molecule has 0 aliphatic carbocycles. The summed E-state index contributed by atoms with van der Waals surface area (Å²) in [6.07, 6.45) is 3.44. The summed E-state index contributed by atoms with van der Waals surface area (Å²) in [5.74, 6) is -0.374. The third-order valence-electron chi connectivity index (χ3n) is 2.48. The summed E-state index contributed by atoms with van der Waals surface area (Å²) in [5, 5.41) is 0. The minimum atomic E-state index is -0.374. The molecule has 2 rings (SSSR count). The van der Waals surface area contributed by atoms with Gasteiger partial charge in [0.25, 0.3) is 0 Å². The second kappa shape index (κ2) is 5.35. The predicted molar refractivity (Wildman–Crippen MR) is 72.4 cm³/mol. The highest BCUT2D eigenvalue weighted by Crippen LogP contribution is 2.31. The van der Waals surface area contributed by atoms with E-state index in [4.69, 9.17) is 4.74 Å². The molecule has 2 heterocycles. The highest BCUT2D eigenvalue weighted by Gasteiger charge is 2.19. The van der Waals surface area contributed by atoms with Crippen LogP contribution >= 0.6 is 15.9 Å². The van der Waals surface area contributed by atoms with E-state index in [-0.39, 0.29) is 5.97 Å². The topological polar surface area (TPSA) is 55.0 Å². The summed E-state index contributed by atoms with van der Waals surface area (Å²) in [7, 11) is 0. The Hall–Kier alpha value is -1.62. The summed E-state index contributed by atoms with van der Waals surface area (Å²) >= 11 is 3.42. The molecule has 5 heteroatoms. The first-order valence-corrected chi connectivity index (χ1v) is 6.39. The zero-order valence-corrected chi connectivity index (χ0v) is 11.7. The molecule has 2 aromatic rings. The Morgan fingerprint density at radius 3 is 3.00 bits per heavy atom. The van der Waals surface area contributed by atoms with E-state index in [1.807, 2.05) is 19.1 Å². The summed E-state index contributed by atoms with van der Waals surface area (Å²) in [6.45, 7) is 4.10. The second-order valence-corrected chi connectivity index (χ2v) is 4.68. The Labute approximate surface area is 114 Å². The van der Waals surface area contributed by atoms with E-state index in [1.54, 1.807) is 19.3 Å². The number of aromatic nitrogens is 2. The van der Waals surface area contributed by atoms with Crippen molar-refractivity contribution in [1.82, 2.24) is 9.97 Å². The molecule has 0 aromatic carbocycles. The molecule has 0 saturated carbocycles. The van der Waals surface area contributed by atoms with E-state index >= 15 is 0 Å². The molecule has 94 valence electrons. The van der Waals surface area contributed by atoms with Crippen LogP contribution in [0.25, 0.3) is 11.3 Å². The van der Waals surface area contributed by atoms with Gasteiger partial charge < -0.3 is 9.72 Å². The SMILES string of the molecule is CCOC(=O)c1[nH]cc(Br)c1-c1cc(C)ccn1. The minimum absolute atomic E-state index is 0.343. The number of hydrogen-bond donors (Lipinski definition) is 1. The van der Waals surface area contributed by atoms with Crippen molar-refractivity contribution in [1.29, 1.82) is 0 Å². The van der Waals surface area contributed by atoms with Crippen LogP contribution in [0.15, 0.2) is 29.0 Å². The number of halogens is 1. The molecule has 0 amide bonds. The number of carbonyl (C=O) groups is 1. The molecule has 4 nitrogen and oxygen atoms in total. The van der Waals surface area contributed by atoms with Crippen LogP contribution in [0.4, 0.5) is 0 Å². The van der Waals surface area contributed by atoms with Crippen LogP contribution in [0.3, 0.4) is 0 Å². The Balaban J connectivity index is 2.50. The molecule has 2 aromatic heterocycles. The number of H-pyrrole nitrogens is 1. The van der Waals surface area contributed by atoms with Crippen LogP contribution in [-0.2, 0) is 4.74 Å². The lowest BCUT2D eigenvalue weighted by atomic mass is 10.1. The molecule has 1 N–H and O–H groups in total. The highest BCUT2D eigenvalue weighted by atomic mass is 79.9. The van der Waals surface area contributed by atoms with Gasteiger partial charge in [-0.2, -0.15) is 0 Å². The first-order valence-electron chi connectivity index (χ1n) is 5.60. The monoisotopic (exact) mass is 308 g/mol. The number of carbonyl (C=O) groups excluding carboxylic acids is 1. The van der Waals surface area contributed by atoms with Gasteiger partial charge in [0.15, 0.2) is 0 Å². The normalized spacial score (nSPS) is 10.4. The molecule has 0 spiro atoms. The van der Waals surface area contributed by atoms with E-state index in [0.29, 0.717) is 12.3 Å². The third-order valence-corrected chi connectivity index (χ3v) is 3.11. The van der Waals surface area contributed by atoms with E-state index < -0.39 is 0 Å². The van der Waals surface area contributed by atoms with Gasteiger partial charge in [-0.05, 0) is 47.5 Å². The van der Waals surface area contributed by atoms with Crippen molar-refractivity contribution in [2.24, 2.45) is 0 Å². The van der Waals surface area contributed by atoms with Gasteiger partial charge >= 0.3 is 5.97 Å². The molecular weight excluding hydrogens is 296 g/mol. The average Bonchev–Trinajstić information content (AvgIpc) is 2.71. The van der Waals surface area contributed by atoms with Crippen LogP contribution in [0.1, 0.15) is 23.0 Å². The fourth-order valence-corrected chi connectivity index (χ4v) is 2.20. The van der Waals surface area contributed by atoms with Crippen LogP contribution in [0.5, 0.6) is 0 Å². The van der Waals surface area contributed by atoms with Crippen molar-refractivity contribution >= 4 is 21.9 Å². The summed E-state index contributed by atoms with van der Waals surface area (Å²) in [6, 6.07) is 3.84. The van der Waals surface area contributed by atoms with Crippen LogP contribution < -0.4 is 0 Å². The van der Waals surface area contributed by atoms with E-state index in [2.05, 4.69) is 25.9 Å². The fraction of sp³-hybridized carbons (Fsp3) is 0.231. The van der Waals surface area contributed by atoms with Gasteiger partial charge in [-0.15, -0.1) is 0 Å². The van der Waals surface area contributed by atoms with Crippen molar-refractivity contribution in [2.45, 2.75) is 13.8 Å². The maximum absolute atomic E-state index is 11.8. The summed E-state index contributed by atoms with van der Waals surface area (Å²) in [4.78, 5) is 19.0. The Kier molecular flexibility index (Phi) is 3.81. The quantitative estimate of drug-likeness (QED) is 0.885. The highest BCUT2D eigenvalue weighted by molar-refractivity contribution is 9.10. The van der Waals surface area contributed by atoms with E-state index in [9.17, 15) is 4.79 Å². The van der Waals surface area contributed by atoms with Crippen molar-refractivity contribution in [3.8, 4) is 11.3 Å². The molecule has 0 radical (unpaired) electrons. The number of nitrogens with one attached hydrogen (secondary N) is 1. The van der Waals surface area contributed by atoms with Crippen molar-refractivity contribution in [3.05, 3.63) is 40.3 Å². The number of rotatable bonds is 3. The maximum atomic E-state index is 11.8. The van der Waals surface area contributed by atoms with E-state index in [0.717, 1.165) is 21.3 Å². The first kappa shape index (κ1) is 12.8. The van der Waals surface area contributed by atoms with Crippen LogP contribution in [0.2, 0.25) is 0 Å². The second-order valence-electron chi connectivity index (χ2n) is 3.83. The molecular formula is C13H13BrN2O2. The Morgan fingerprint density at radius 1 is 1.56 bits per heavy atom. The predicted octanol–water partition coefficient (Wildman–Crippen LogP) is 3.32. The number of esters is 1. The molecule has 0 atom stereocenters. The zero-order chi connectivity index (χ0) is 13.1. The minimum Gasteiger partial charge on any atom is -0.461 e. The summed E-state index contributed by atoms with van der Waals surface area (Å²) in [5.41, 5.74) is 2.98. The number of aromatic amines is 1. The maximum Gasteiger partial charge on any atom is 0.355 e. The van der Waals surface area contributed by atoms with Gasteiger partial charge in [0.2, 0.25) is 0 Å². The van der Waals surface area contributed by atoms with Gasteiger partial charge in [-0.3, -0.25) is 4.98 Å². The van der Waals surface area contributed by atoms with Crippen molar-refractivity contribution in [2.75, 3.05) is 6.61 Å². The first-order chi connectivity index (χ1) is 8.63. The lowest BCUT2D eigenvalue weighted by Gasteiger charge is -2.05. The molecule has 0 aliphatic heterocycles. The lowest BCUT2D eigenvalue weighted by molar-refractivity contribution is 0.0521. The Bertz CT molecular complexity index is 578. The number of nitrogens with zero attached hydrogens (tertiary/aromatic N) is 1. The lowest BCUT2D eigenvalue weighted by Crippen LogP contribution is -2.06. The van der Waals surface area contributed by atoms with Crippen molar-refractivity contribution < 1.29 is 9.53 Å². The van der Waals surface area contributed by atoms with Crippen LogP contribution in [-0.4, -0.2) is 22.5 Å². The molecule has 0 bridgehead atoms. The Morgan fingerprint density at radius 2 is 2.33 bits per heavy atom. The van der Waals surface area contributed by atoms with Gasteiger partial charge in [-0.1, -0.05) is 0 Å². The smallest absolute Gasteiger partial charge is 0.355 e. The van der Waals surface area contributed by atoms with Gasteiger partial charge in [0.1, 0.15) is 5.69 Å². The zero-order valence-electron chi connectivity index (χ0n) is 10.2. The van der Waals surface area contributed by atoms with Crippen molar-refractivity contribution in [3.63, 3.8) is 0 Å². The number of pyridine rings is 1. The molecule has 0 fully saturated rings. The molecule has 0 aliphatic rings. The summed E-state index contributed by atoms with van der Waals surface area (Å²) < 4.78 is 5.81. The van der Waals surface area contributed by atoms with Gasteiger partial charge in [-0.25, -0.2) is 4.79 Å². The number of ether oxygens (including phenoxy) is 1. The van der Waals surface area contributed by atoms with Crippen LogP contribution in [0, 0.1) is 6.92 Å². The van der Waals surface area contributed by atoms with Gasteiger partial charge in [0, 0.05) is 22.4 Å². The average molecular weight is 309 g/mol. The third kappa shape index (κ3) is 2.46. The van der Waals surface area contributed by atoms with Gasteiger partial charge in [0.05, 0.1) is 12.3 Å². The molecule has 0 unspecified atom stereocenters. The molecule has 0 saturated heterocycles. The fourth-order valence-electron chi connectivity index (χ4n) is 1.69. The number of hydrogen-bond acceptors (Lipinski definition) is 3. The molecule has 18 heavy (non-hydrogen) atoms.